The Hall–Kier alpha value is -1.19. The van der Waals surface area contributed by atoms with Gasteiger partial charge in [0.05, 0.1) is 5.69 Å². The van der Waals surface area contributed by atoms with Gasteiger partial charge in [-0.3, -0.25) is 0 Å². The summed E-state index contributed by atoms with van der Waals surface area (Å²) in [6.45, 7) is 6.32. The molecule has 16 heavy (non-hydrogen) atoms. The Balaban J connectivity index is 2.40. The fourth-order valence-corrected chi connectivity index (χ4v) is 2.49. The molecule has 0 bridgehead atoms. The maximum Gasteiger partial charge on any atom is 0.146 e. The van der Waals surface area contributed by atoms with E-state index in [1.54, 1.807) is 4.68 Å². The third-order valence-electron chi connectivity index (χ3n) is 3.39. The summed E-state index contributed by atoms with van der Waals surface area (Å²) in [6, 6.07) is 0. The smallest absolute Gasteiger partial charge is 0.146 e. The molecule has 0 spiro atoms. The van der Waals surface area contributed by atoms with E-state index in [9.17, 15) is 0 Å². The number of aromatic nitrogens is 2. The van der Waals surface area contributed by atoms with Crippen LogP contribution in [0.3, 0.4) is 0 Å². The number of nitrogen functional groups attached to an aromatic ring is 2. The van der Waals surface area contributed by atoms with Crippen molar-refractivity contribution in [2.45, 2.75) is 57.8 Å². The molecule has 1 heterocycles. The number of nitrogens with two attached hydrogens (primary N) is 2. The van der Waals surface area contributed by atoms with Crippen LogP contribution in [-0.4, -0.2) is 9.66 Å². The minimum absolute atomic E-state index is 0.0558. The van der Waals surface area contributed by atoms with Gasteiger partial charge in [-0.15, -0.1) is 0 Å². The largest absolute Gasteiger partial charge is 0.382 e. The van der Waals surface area contributed by atoms with Gasteiger partial charge in [0.1, 0.15) is 11.6 Å². The number of nitrogens with zero attached hydrogens (tertiary/aromatic N) is 2. The van der Waals surface area contributed by atoms with Crippen molar-refractivity contribution >= 4 is 5.82 Å². The van der Waals surface area contributed by atoms with Crippen LogP contribution in [-0.2, 0) is 5.41 Å². The lowest BCUT2D eigenvalue weighted by Crippen LogP contribution is -2.24. The predicted molar refractivity (Wildman–Crippen MR) is 66.7 cm³/mol. The van der Waals surface area contributed by atoms with Gasteiger partial charge in [-0.25, -0.2) is 9.66 Å². The highest BCUT2D eigenvalue weighted by molar-refractivity contribution is 5.42. The van der Waals surface area contributed by atoms with Crippen LogP contribution in [0.15, 0.2) is 0 Å². The first-order valence-electron chi connectivity index (χ1n) is 6.05. The molecular weight excluding hydrogens is 200 g/mol. The molecule has 2 rings (SSSR count). The van der Waals surface area contributed by atoms with E-state index >= 15 is 0 Å². The normalized spacial score (nSPS) is 18.2. The van der Waals surface area contributed by atoms with Crippen molar-refractivity contribution in [1.82, 2.24) is 9.66 Å². The second-order valence-corrected chi connectivity index (χ2v) is 5.81. The van der Waals surface area contributed by atoms with Crippen LogP contribution in [0.5, 0.6) is 0 Å². The summed E-state index contributed by atoms with van der Waals surface area (Å²) in [5, 5.41) is 0. The molecule has 1 aromatic heterocycles. The zero-order valence-electron chi connectivity index (χ0n) is 10.5. The molecule has 4 nitrogen and oxygen atoms in total. The van der Waals surface area contributed by atoms with E-state index < -0.39 is 0 Å². The molecular formula is C12H22N4. The van der Waals surface area contributed by atoms with Gasteiger partial charge in [-0.1, -0.05) is 33.6 Å². The van der Waals surface area contributed by atoms with E-state index in [-0.39, 0.29) is 5.41 Å². The number of imidazole rings is 1. The van der Waals surface area contributed by atoms with Crippen molar-refractivity contribution in [3.05, 3.63) is 11.5 Å². The van der Waals surface area contributed by atoms with Crippen molar-refractivity contribution in [1.29, 1.82) is 0 Å². The minimum Gasteiger partial charge on any atom is -0.382 e. The van der Waals surface area contributed by atoms with Crippen molar-refractivity contribution in [2.24, 2.45) is 0 Å². The first kappa shape index (κ1) is 11.3. The zero-order valence-corrected chi connectivity index (χ0v) is 10.5. The first-order valence-corrected chi connectivity index (χ1v) is 6.05. The molecule has 90 valence electrons. The average Bonchev–Trinajstić information content (AvgIpc) is 2.75. The molecule has 0 aromatic carbocycles. The topological polar surface area (TPSA) is 69.9 Å². The van der Waals surface area contributed by atoms with Crippen LogP contribution >= 0.6 is 0 Å². The van der Waals surface area contributed by atoms with E-state index in [4.69, 9.17) is 11.6 Å². The summed E-state index contributed by atoms with van der Waals surface area (Å²) >= 11 is 0. The molecule has 0 atom stereocenters. The van der Waals surface area contributed by atoms with E-state index in [0.717, 1.165) is 11.5 Å². The maximum atomic E-state index is 6.06. The highest BCUT2D eigenvalue weighted by atomic mass is 15.4. The van der Waals surface area contributed by atoms with Crippen LogP contribution in [0.1, 0.15) is 63.9 Å². The highest BCUT2D eigenvalue weighted by Crippen LogP contribution is 2.37. The Morgan fingerprint density at radius 2 is 1.81 bits per heavy atom. The van der Waals surface area contributed by atoms with Crippen molar-refractivity contribution in [2.75, 3.05) is 11.6 Å². The monoisotopic (exact) mass is 222 g/mol. The molecule has 0 saturated heterocycles. The van der Waals surface area contributed by atoms with E-state index in [2.05, 4.69) is 25.8 Å². The summed E-state index contributed by atoms with van der Waals surface area (Å²) < 4.78 is 1.56. The number of rotatable bonds is 1. The predicted octanol–water partition coefficient (Wildman–Crippen LogP) is 2.13. The molecule has 1 aromatic rings. The summed E-state index contributed by atoms with van der Waals surface area (Å²) in [5.74, 6) is 8.04. The third-order valence-corrected chi connectivity index (χ3v) is 3.39. The Labute approximate surface area is 97.0 Å². The third kappa shape index (κ3) is 1.77. The number of anilines is 1. The summed E-state index contributed by atoms with van der Waals surface area (Å²) in [4.78, 5) is 4.68. The molecule has 0 radical (unpaired) electrons. The van der Waals surface area contributed by atoms with Gasteiger partial charge in [-0.2, -0.15) is 0 Å². The Bertz CT molecular complexity index is 380. The number of hydrogen-bond acceptors (Lipinski definition) is 3. The van der Waals surface area contributed by atoms with Gasteiger partial charge < -0.3 is 11.6 Å². The van der Waals surface area contributed by atoms with Gasteiger partial charge in [0, 0.05) is 11.3 Å². The summed E-state index contributed by atoms with van der Waals surface area (Å²) in [5.41, 5.74) is 7.02. The molecule has 1 aliphatic carbocycles. The lowest BCUT2D eigenvalue weighted by atomic mass is 9.96. The minimum atomic E-state index is -0.0558. The lowest BCUT2D eigenvalue weighted by molar-refractivity contribution is 0.529. The van der Waals surface area contributed by atoms with Crippen LogP contribution in [0.4, 0.5) is 5.82 Å². The van der Waals surface area contributed by atoms with Gasteiger partial charge in [0.2, 0.25) is 0 Å². The molecule has 1 aliphatic rings. The van der Waals surface area contributed by atoms with E-state index in [1.165, 1.54) is 25.7 Å². The Morgan fingerprint density at radius 3 is 2.25 bits per heavy atom. The molecule has 1 saturated carbocycles. The van der Waals surface area contributed by atoms with Crippen molar-refractivity contribution in [3.63, 3.8) is 0 Å². The quantitative estimate of drug-likeness (QED) is 0.715. The van der Waals surface area contributed by atoms with Crippen molar-refractivity contribution in [3.8, 4) is 0 Å². The van der Waals surface area contributed by atoms with E-state index in [1.807, 2.05) is 0 Å². The van der Waals surface area contributed by atoms with Gasteiger partial charge >= 0.3 is 0 Å². The Morgan fingerprint density at radius 1 is 1.25 bits per heavy atom. The second kappa shape index (κ2) is 3.68. The van der Waals surface area contributed by atoms with Crippen molar-refractivity contribution < 1.29 is 0 Å². The SMILES string of the molecule is CC(C)(C)c1nc(C2CCCC2)c(N)n1N. The fraction of sp³-hybridized carbons (Fsp3) is 0.750. The first-order chi connectivity index (χ1) is 7.41. The van der Waals surface area contributed by atoms with Gasteiger partial charge in [0.25, 0.3) is 0 Å². The molecule has 4 N–H and O–H groups in total. The van der Waals surface area contributed by atoms with E-state index in [0.29, 0.717) is 11.7 Å². The molecule has 0 aliphatic heterocycles. The molecule has 0 unspecified atom stereocenters. The standard InChI is InChI=1S/C12H22N4/c1-12(2,3)11-15-9(10(13)16(11)14)8-6-4-5-7-8/h8H,4-7,13-14H2,1-3H3. The van der Waals surface area contributed by atoms with Crippen LogP contribution in [0, 0.1) is 0 Å². The summed E-state index contributed by atoms with van der Waals surface area (Å²) in [6.07, 6.45) is 4.97. The molecule has 1 fully saturated rings. The number of hydrogen-bond donors (Lipinski definition) is 2. The maximum absolute atomic E-state index is 6.06. The highest BCUT2D eigenvalue weighted by Gasteiger charge is 2.28. The van der Waals surface area contributed by atoms with Crippen LogP contribution in [0.2, 0.25) is 0 Å². The zero-order chi connectivity index (χ0) is 11.9. The Kier molecular flexibility index (Phi) is 2.60. The fourth-order valence-electron chi connectivity index (χ4n) is 2.49. The van der Waals surface area contributed by atoms with Gasteiger partial charge in [0.15, 0.2) is 0 Å². The van der Waals surface area contributed by atoms with Gasteiger partial charge in [-0.05, 0) is 12.8 Å². The van der Waals surface area contributed by atoms with Crippen LogP contribution in [0.25, 0.3) is 0 Å². The summed E-state index contributed by atoms with van der Waals surface area (Å²) in [7, 11) is 0. The molecule has 0 amide bonds. The average molecular weight is 222 g/mol. The molecule has 4 heteroatoms. The lowest BCUT2D eigenvalue weighted by Gasteiger charge is -2.17. The van der Waals surface area contributed by atoms with Crippen LogP contribution < -0.4 is 11.6 Å². The second-order valence-electron chi connectivity index (χ2n) is 5.81.